The number of likely N-dealkylation sites (tertiary alicyclic amines) is 1. The Balaban J connectivity index is 1.31. The number of hydrogen-bond acceptors (Lipinski definition) is 6. The maximum absolute atomic E-state index is 15.9. The first-order valence-electron chi connectivity index (χ1n) is 15.7. The Hall–Kier alpha value is -5.06. The Bertz CT molecular complexity index is 1910. The van der Waals surface area contributed by atoms with Crippen molar-refractivity contribution in [1.82, 2.24) is 19.7 Å². The quantitative estimate of drug-likeness (QED) is 0.167. The molecule has 2 aromatic heterocycles. The minimum absolute atomic E-state index is 0.00968. The zero-order valence-corrected chi connectivity index (χ0v) is 27.3. The number of alkyl halides is 2. The van der Waals surface area contributed by atoms with Crippen LogP contribution in [0.1, 0.15) is 49.8 Å². The molecule has 0 saturated carbocycles. The van der Waals surface area contributed by atoms with Crippen molar-refractivity contribution < 1.29 is 32.2 Å². The summed E-state index contributed by atoms with van der Waals surface area (Å²) in [4.78, 5) is 18.1. The van der Waals surface area contributed by atoms with Gasteiger partial charge in [-0.1, -0.05) is 60.7 Å². The molecule has 0 N–H and O–H groups in total. The van der Waals surface area contributed by atoms with E-state index in [-0.39, 0.29) is 31.0 Å². The number of hydrogen-bond donors (Lipinski definition) is 0. The minimum Gasteiger partial charge on any atom is -0.473 e. The Morgan fingerprint density at radius 1 is 0.938 bits per heavy atom. The van der Waals surface area contributed by atoms with Crippen molar-refractivity contribution in [2.24, 2.45) is 7.05 Å². The first-order valence-corrected chi connectivity index (χ1v) is 15.7. The molecule has 8 nitrogen and oxygen atoms in total. The highest BCUT2D eigenvalue weighted by Gasteiger charge is 2.48. The predicted octanol–water partition coefficient (Wildman–Crippen LogP) is 8.29. The van der Waals surface area contributed by atoms with Crippen molar-refractivity contribution in [2.45, 2.75) is 57.8 Å². The summed E-state index contributed by atoms with van der Waals surface area (Å²) in [5.74, 6) is -5.04. The second-order valence-corrected chi connectivity index (χ2v) is 12.9. The number of aryl methyl sites for hydroxylation is 1. The van der Waals surface area contributed by atoms with Crippen LogP contribution in [0.15, 0.2) is 84.9 Å². The Kier molecular flexibility index (Phi) is 9.05. The Morgan fingerprint density at radius 3 is 2.21 bits per heavy atom. The second kappa shape index (κ2) is 13.2. The first kappa shape index (κ1) is 32.9. The second-order valence-electron chi connectivity index (χ2n) is 12.9. The molecule has 3 aromatic carbocycles. The normalized spacial score (nSPS) is 16.1. The van der Waals surface area contributed by atoms with Crippen LogP contribution in [0.2, 0.25) is 0 Å². The molecule has 1 atom stereocenters. The van der Waals surface area contributed by atoms with Crippen LogP contribution < -0.4 is 9.47 Å². The van der Waals surface area contributed by atoms with Gasteiger partial charge in [-0.25, -0.2) is 18.0 Å². The van der Waals surface area contributed by atoms with Gasteiger partial charge in [-0.15, -0.1) is 0 Å². The monoisotopic (exact) mass is 658 g/mol. The maximum Gasteiger partial charge on any atom is 0.410 e. The summed E-state index contributed by atoms with van der Waals surface area (Å²) < 4.78 is 66.0. The SMILES string of the molecule is Cn1nc(-c2ccc(OCc3ccccc3)nc2OCc2ccccc2)c2cc(F)c(C3CCN(C(=O)OC(C)(C)C)CC3(F)F)cc21. The van der Waals surface area contributed by atoms with Gasteiger partial charge in [0.2, 0.25) is 11.8 Å². The number of amides is 1. The van der Waals surface area contributed by atoms with E-state index >= 15 is 13.2 Å². The van der Waals surface area contributed by atoms with Crippen LogP contribution in [-0.4, -0.2) is 50.4 Å². The zero-order valence-electron chi connectivity index (χ0n) is 27.3. The van der Waals surface area contributed by atoms with Crippen molar-refractivity contribution in [3.8, 4) is 23.0 Å². The van der Waals surface area contributed by atoms with Crippen LogP contribution in [-0.2, 0) is 25.0 Å². The van der Waals surface area contributed by atoms with Crippen molar-refractivity contribution in [3.63, 3.8) is 0 Å². The fourth-order valence-electron chi connectivity index (χ4n) is 5.82. The fraction of sp³-hybridized carbons (Fsp3) is 0.324. The molecule has 0 spiro atoms. The fourth-order valence-corrected chi connectivity index (χ4v) is 5.82. The molecular formula is C37H37F3N4O4. The van der Waals surface area contributed by atoms with E-state index in [9.17, 15) is 4.79 Å². The predicted molar refractivity (Wildman–Crippen MR) is 176 cm³/mol. The lowest BCUT2D eigenvalue weighted by atomic mass is 9.85. The third-order valence-electron chi connectivity index (χ3n) is 8.13. The van der Waals surface area contributed by atoms with E-state index in [1.807, 2.05) is 60.7 Å². The molecule has 3 heterocycles. The molecule has 1 fully saturated rings. The van der Waals surface area contributed by atoms with Gasteiger partial charge in [0.1, 0.15) is 30.3 Å². The largest absolute Gasteiger partial charge is 0.473 e. The number of piperidine rings is 1. The number of ether oxygens (including phenoxy) is 3. The summed E-state index contributed by atoms with van der Waals surface area (Å²) >= 11 is 0. The van der Waals surface area contributed by atoms with E-state index in [1.165, 1.54) is 16.8 Å². The number of aromatic nitrogens is 3. The summed E-state index contributed by atoms with van der Waals surface area (Å²) in [6, 6.07) is 25.4. The minimum atomic E-state index is -3.39. The molecule has 1 aliphatic heterocycles. The number of nitrogens with zero attached hydrogens (tertiary/aromatic N) is 4. The van der Waals surface area contributed by atoms with E-state index in [4.69, 9.17) is 14.2 Å². The zero-order chi connectivity index (χ0) is 34.1. The lowest BCUT2D eigenvalue weighted by Crippen LogP contribution is -2.51. The molecule has 0 aliphatic carbocycles. The number of carbonyl (C=O) groups excluding carboxylic acids is 1. The van der Waals surface area contributed by atoms with Crippen LogP contribution in [0.25, 0.3) is 22.2 Å². The number of carbonyl (C=O) groups is 1. The lowest BCUT2D eigenvalue weighted by Gasteiger charge is -2.39. The number of fused-ring (bicyclic) bond motifs is 1. The third-order valence-corrected chi connectivity index (χ3v) is 8.13. The summed E-state index contributed by atoms with van der Waals surface area (Å²) in [6.45, 7) is 4.67. The molecule has 1 saturated heterocycles. The molecule has 6 rings (SSSR count). The average Bonchev–Trinajstić information content (AvgIpc) is 3.36. The smallest absolute Gasteiger partial charge is 0.410 e. The van der Waals surface area contributed by atoms with Gasteiger partial charge in [-0.2, -0.15) is 10.1 Å². The van der Waals surface area contributed by atoms with Crippen LogP contribution >= 0.6 is 0 Å². The highest BCUT2D eigenvalue weighted by Crippen LogP contribution is 2.44. The van der Waals surface area contributed by atoms with Gasteiger partial charge in [0.15, 0.2) is 0 Å². The lowest BCUT2D eigenvalue weighted by molar-refractivity contribution is -0.0855. The number of halogens is 3. The third kappa shape index (κ3) is 7.25. The summed E-state index contributed by atoms with van der Waals surface area (Å²) in [7, 11) is 1.67. The van der Waals surface area contributed by atoms with Gasteiger partial charge in [-0.3, -0.25) is 4.68 Å². The van der Waals surface area contributed by atoms with Gasteiger partial charge in [-0.05, 0) is 62.1 Å². The number of rotatable bonds is 8. The first-order chi connectivity index (χ1) is 22.9. The van der Waals surface area contributed by atoms with Crippen LogP contribution in [0.5, 0.6) is 11.8 Å². The molecule has 1 aliphatic rings. The molecule has 1 unspecified atom stereocenters. The maximum atomic E-state index is 15.9. The molecule has 11 heteroatoms. The van der Waals surface area contributed by atoms with Gasteiger partial charge >= 0.3 is 6.09 Å². The summed E-state index contributed by atoms with van der Waals surface area (Å²) in [5.41, 5.74) is 2.27. The molecule has 0 bridgehead atoms. The topological polar surface area (TPSA) is 78.7 Å². The molecule has 1 amide bonds. The Labute approximate surface area is 277 Å². The molecule has 5 aromatic rings. The van der Waals surface area contributed by atoms with E-state index in [0.29, 0.717) is 34.6 Å². The van der Waals surface area contributed by atoms with Crippen LogP contribution in [0.4, 0.5) is 18.0 Å². The summed E-state index contributed by atoms with van der Waals surface area (Å²) in [5, 5.41) is 5.08. The van der Waals surface area contributed by atoms with Gasteiger partial charge < -0.3 is 19.1 Å². The molecule has 48 heavy (non-hydrogen) atoms. The number of benzene rings is 3. The van der Waals surface area contributed by atoms with Crippen LogP contribution in [0.3, 0.4) is 0 Å². The summed E-state index contributed by atoms with van der Waals surface area (Å²) in [6.07, 6.45) is -0.950. The van der Waals surface area contributed by atoms with E-state index in [1.54, 1.807) is 40.0 Å². The number of pyridine rings is 1. The van der Waals surface area contributed by atoms with Crippen molar-refractivity contribution in [2.75, 3.05) is 13.1 Å². The van der Waals surface area contributed by atoms with Crippen molar-refractivity contribution in [3.05, 3.63) is 107 Å². The molecule has 250 valence electrons. The highest BCUT2D eigenvalue weighted by molar-refractivity contribution is 5.95. The van der Waals surface area contributed by atoms with Crippen LogP contribution in [0, 0.1) is 5.82 Å². The standard InChI is InChI=1S/C37H37F3N4O4/c1-36(2,3)48-35(45)44-18-17-29(37(39,40)23-44)27-20-31-28(19-30(27)38)33(42-43(31)4)26-15-16-32(46-21-24-11-7-5-8-12-24)41-34(26)47-22-25-13-9-6-10-14-25/h5-16,19-20,29H,17-18,21-23H2,1-4H3. The highest BCUT2D eigenvalue weighted by atomic mass is 19.3. The van der Waals surface area contributed by atoms with Gasteiger partial charge in [0.05, 0.1) is 23.5 Å². The molecular weight excluding hydrogens is 621 g/mol. The van der Waals surface area contributed by atoms with Crippen molar-refractivity contribution >= 4 is 17.0 Å². The van der Waals surface area contributed by atoms with E-state index in [2.05, 4.69) is 10.1 Å². The van der Waals surface area contributed by atoms with E-state index in [0.717, 1.165) is 16.0 Å². The average molecular weight is 659 g/mol. The Morgan fingerprint density at radius 2 is 1.58 bits per heavy atom. The van der Waals surface area contributed by atoms with Gasteiger partial charge in [0.25, 0.3) is 5.92 Å². The van der Waals surface area contributed by atoms with E-state index < -0.39 is 35.9 Å². The van der Waals surface area contributed by atoms with Gasteiger partial charge in [0, 0.05) is 25.0 Å². The van der Waals surface area contributed by atoms with Crippen molar-refractivity contribution in [1.29, 1.82) is 0 Å². The molecule has 0 radical (unpaired) electrons.